The molecular weight excluding hydrogens is 428 g/mol. The van der Waals surface area contributed by atoms with E-state index in [1.807, 2.05) is 15.6 Å². The predicted molar refractivity (Wildman–Crippen MR) is 135 cm³/mol. The summed E-state index contributed by atoms with van der Waals surface area (Å²) in [5.74, 6) is 0.649. The molecule has 2 N–H and O–H groups in total. The average Bonchev–Trinajstić information content (AvgIpc) is 3.64. The molecular formula is C26H34N6O2. The molecule has 1 saturated carbocycles. The van der Waals surface area contributed by atoms with Gasteiger partial charge in [-0.15, -0.1) is 0 Å². The first-order chi connectivity index (χ1) is 16.7. The van der Waals surface area contributed by atoms with Crippen LogP contribution in [0.3, 0.4) is 0 Å². The van der Waals surface area contributed by atoms with Gasteiger partial charge in [0.25, 0.3) is 0 Å². The molecule has 3 aromatic rings. The van der Waals surface area contributed by atoms with E-state index < -0.39 is 0 Å². The number of nitrogens with one attached hydrogen (secondary N) is 2. The molecule has 2 fully saturated rings. The summed E-state index contributed by atoms with van der Waals surface area (Å²) < 4.78 is 7.00. The maximum absolute atomic E-state index is 12.4. The van der Waals surface area contributed by atoms with Crippen LogP contribution in [0.1, 0.15) is 12.8 Å². The maximum Gasteiger partial charge on any atom is 0.225 e. The molecule has 180 valence electrons. The number of piperazine rings is 1. The van der Waals surface area contributed by atoms with Crippen molar-refractivity contribution in [2.24, 2.45) is 5.92 Å². The minimum absolute atomic E-state index is 0.298. The molecule has 2 aromatic heterocycles. The molecule has 1 aliphatic heterocycles. The van der Waals surface area contributed by atoms with Gasteiger partial charge in [-0.1, -0.05) is 12.1 Å². The summed E-state index contributed by atoms with van der Waals surface area (Å²) in [6.07, 6.45) is 6.09. The van der Waals surface area contributed by atoms with Gasteiger partial charge in [0.1, 0.15) is 0 Å². The molecule has 1 aliphatic carbocycles. The van der Waals surface area contributed by atoms with E-state index in [9.17, 15) is 4.79 Å². The second-order valence-corrected chi connectivity index (χ2v) is 9.11. The summed E-state index contributed by atoms with van der Waals surface area (Å²) in [7, 11) is 1.71. The van der Waals surface area contributed by atoms with E-state index in [4.69, 9.17) is 4.74 Å². The Labute approximate surface area is 200 Å². The van der Waals surface area contributed by atoms with Gasteiger partial charge < -0.3 is 25.2 Å². The van der Waals surface area contributed by atoms with Crippen LogP contribution in [-0.4, -0.2) is 80.0 Å². The fourth-order valence-electron chi connectivity index (χ4n) is 4.56. The Balaban J connectivity index is 1.22. The molecule has 0 spiro atoms. The van der Waals surface area contributed by atoms with Crippen molar-refractivity contribution in [3.05, 3.63) is 48.8 Å². The molecule has 5 rings (SSSR count). The molecule has 1 saturated heterocycles. The highest BCUT2D eigenvalue weighted by molar-refractivity contribution is 5.82. The van der Waals surface area contributed by atoms with Gasteiger partial charge in [-0.3, -0.25) is 4.79 Å². The smallest absolute Gasteiger partial charge is 0.225 e. The molecule has 1 amide bonds. The lowest BCUT2D eigenvalue weighted by atomic mass is 10.1. The van der Waals surface area contributed by atoms with Crippen LogP contribution >= 0.6 is 0 Å². The number of benzene rings is 1. The van der Waals surface area contributed by atoms with E-state index in [1.165, 1.54) is 11.3 Å². The quantitative estimate of drug-likeness (QED) is 0.452. The lowest BCUT2D eigenvalue weighted by Crippen LogP contribution is -2.49. The molecule has 0 atom stereocenters. The zero-order chi connectivity index (χ0) is 23.3. The van der Waals surface area contributed by atoms with Crippen LogP contribution in [0.15, 0.2) is 48.8 Å². The Morgan fingerprint density at radius 2 is 1.82 bits per heavy atom. The maximum atomic E-state index is 12.4. The van der Waals surface area contributed by atoms with Gasteiger partial charge in [0.05, 0.1) is 17.8 Å². The fourth-order valence-corrected chi connectivity index (χ4v) is 4.56. The number of methoxy groups -OCH3 is 1. The van der Waals surface area contributed by atoms with Crippen molar-refractivity contribution in [1.29, 1.82) is 0 Å². The van der Waals surface area contributed by atoms with Crippen LogP contribution in [0.25, 0.3) is 16.6 Å². The molecule has 1 aromatic carbocycles. The molecule has 0 unspecified atom stereocenters. The standard InChI is InChI=1S/C26H34N6O2/c1-34-17-12-27-10-11-28-23-6-4-20(5-7-23)22-18-25-24(8-9-29-32(25)19-22)30-13-15-31(16-14-30)26(33)21-2-3-21/h4-9,18-19,21,27-28H,2-3,10-17H2,1H3. The molecule has 0 bridgehead atoms. The number of ether oxygens (including phenoxy) is 1. The molecule has 8 nitrogen and oxygen atoms in total. The van der Waals surface area contributed by atoms with Gasteiger partial charge in [0.2, 0.25) is 5.91 Å². The monoisotopic (exact) mass is 462 g/mol. The van der Waals surface area contributed by atoms with Gasteiger partial charge in [-0.05, 0) is 42.7 Å². The van der Waals surface area contributed by atoms with Gasteiger partial charge >= 0.3 is 0 Å². The second kappa shape index (κ2) is 10.4. The van der Waals surface area contributed by atoms with Crippen molar-refractivity contribution < 1.29 is 9.53 Å². The van der Waals surface area contributed by atoms with Crippen molar-refractivity contribution in [2.45, 2.75) is 12.8 Å². The highest BCUT2D eigenvalue weighted by atomic mass is 16.5. The number of carbonyl (C=O) groups excluding carboxylic acids is 1. The van der Waals surface area contributed by atoms with E-state index in [0.717, 1.165) is 82.0 Å². The minimum Gasteiger partial charge on any atom is -0.384 e. The summed E-state index contributed by atoms with van der Waals surface area (Å²) in [6, 6.07) is 12.8. The van der Waals surface area contributed by atoms with E-state index in [0.29, 0.717) is 11.8 Å². The lowest BCUT2D eigenvalue weighted by molar-refractivity contribution is -0.132. The summed E-state index contributed by atoms with van der Waals surface area (Å²) in [6.45, 7) is 6.68. The van der Waals surface area contributed by atoms with Gasteiger partial charge in [-0.25, -0.2) is 4.52 Å². The number of rotatable bonds is 10. The summed E-state index contributed by atoms with van der Waals surface area (Å²) >= 11 is 0. The number of nitrogens with zero attached hydrogens (tertiary/aromatic N) is 4. The highest BCUT2D eigenvalue weighted by Gasteiger charge is 2.34. The molecule has 0 radical (unpaired) electrons. The van der Waals surface area contributed by atoms with E-state index in [2.05, 4.69) is 63.2 Å². The van der Waals surface area contributed by atoms with E-state index in [-0.39, 0.29) is 0 Å². The third-order valence-electron chi connectivity index (χ3n) is 6.68. The minimum atomic E-state index is 0.298. The van der Waals surface area contributed by atoms with Crippen LogP contribution in [-0.2, 0) is 9.53 Å². The first-order valence-corrected chi connectivity index (χ1v) is 12.3. The number of hydrogen-bond donors (Lipinski definition) is 2. The van der Waals surface area contributed by atoms with Gasteiger partial charge in [0, 0.05) is 82.5 Å². The van der Waals surface area contributed by atoms with Gasteiger partial charge in [0.15, 0.2) is 0 Å². The SMILES string of the molecule is COCCNCCNc1ccc(-c2cc3c(N4CCN(C(=O)C5CC5)CC4)ccnn3c2)cc1. The Kier molecular flexibility index (Phi) is 6.97. The number of amides is 1. The highest BCUT2D eigenvalue weighted by Crippen LogP contribution is 2.32. The fraction of sp³-hybridized carbons (Fsp3) is 0.462. The van der Waals surface area contributed by atoms with Gasteiger partial charge in [-0.2, -0.15) is 5.10 Å². The van der Waals surface area contributed by atoms with Crippen LogP contribution < -0.4 is 15.5 Å². The normalized spacial score (nSPS) is 16.3. The van der Waals surface area contributed by atoms with E-state index >= 15 is 0 Å². The average molecular weight is 463 g/mol. The van der Waals surface area contributed by atoms with Crippen molar-refractivity contribution in [3.8, 4) is 11.1 Å². The largest absolute Gasteiger partial charge is 0.384 e. The first-order valence-electron chi connectivity index (χ1n) is 12.3. The number of hydrogen-bond acceptors (Lipinski definition) is 6. The first kappa shape index (κ1) is 22.7. The van der Waals surface area contributed by atoms with Crippen molar-refractivity contribution in [1.82, 2.24) is 19.8 Å². The molecule has 34 heavy (non-hydrogen) atoms. The van der Waals surface area contributed by atoms with E-state index in [1.54, 1.807) is 7.11 Å². The number of carbonyl (C=O) groups is 1. The third-order valence-corrected chi connectivity index (χ3v) is 6.68. The van der Waals surface area contributed by atoms with Crippen LogP contribution in [0, 0.1) is 5.92 Å². The molecule has 2 aliphatic rings. The van der Waals surface area contributed by atoms with Crippen molar-refractivity contribution in [2.75, 3.05) is 69.7 Å². The van der Waals surface area contributed by atoms with Crippen LogP contribution in [0.5, 0.6) is 0 Å². The Bertz CT molecular complexity index is 1100. The Hall–Kier alpha value is -3.10. The lowest BCUT2D eigenvalue weighted by Gasteiger charge is -2.36. The topological polar surface area (TPSA) is 74.1 Å². The number of anilines is 2. The van der Waals surface area contributed by atoms with Crippen molar-refractivity contribution in [3.63, 3.8) is 0 Å². The zero-order valence-electron chi connectivity index (χ0n) is 19.9. The third kappa shape index (κ3) is 5.18. The zero-order valence-corrected chi connectivity index (χ0v) is 19.9. The predicted octanol–water partition coefficient (Wildman–Crippen LogP) is 2.71. The second-order valence-electron chi connectivity index (χ2n) is 9.11. The van der Waals surface area contributed by atoms with Crippen LogP contribution in [0.4, 0.5) is 11.4 Å². The molecule has 8 heteroatoms. The Morgan fingerprint density at radius 3 is 2.56 bits per heavy atom. The number of fused-ring (bicyclic) bond motifs is 1. The van der Waals surface area contributed by atoms with Crippen LogP contribution in [0.2, 0.25) is 0 Å². The molecule has 3 heterocycles. The number of aromatic nitrogens is 2. The summed E-state index contributed by atoms with van der Waals surface area (Å²) in [5, 5.41) is 11.3. The van der Waals surface area contributed by atoms with Crippen molar-refractivity contribution >= 4 is 22.8 Å². The summed E-state index contributed by atoms with van der Waals surface area (Å²) in [4.78, 5) is 16.8. The Morgan fingerprint density at radius 1 is 1.03 bits per heavy atom. The summed E-state index contributed by atoms with van der Waals surface area (Å²) in [5.41, 5.74) is 5.71.